The van der Waals surface area contributed by atoms with Crippen LogP contribution in [0, 0.1) is 20.8 Å². The highest BCUT2D eigenvalue weighted by molar-refractivity contribution is 5.88. The van der Waals surface area contributed by atoms with E-state index in [0.29, 0.717) is 6.54 Å². The molecule has 4 N–H and O–H groups in total. The standard InChI is InChI=1S/C24H29NO5/c1-13-4-6-16(7-5-13)10-25-11-18(17-9-14(2)8-15(3)20(17)25)24-23(29)22(28)21(27)19(12-26)30-24/h4-9,11,19,21-24,26-29H,10,12H2,1-3H3/t19-,21-,22+,23-,24+/m1/s1. The Bertz CT molecular complexity index is 1040. The molecule has 6 heteroatoms. The van der Waals surface area contributed by atoms with Gasteiger partial charge >= 0.3 is 0 Å². The van der Waals surface area contributed by atoms with Gasteiger partial charge in [0.05, 0.1) is 12.1 Å². The molecule has 1 fully saturated rings. The van der Waals surface area contributed by atoms with Crippen LogP contribution in [0.3, 0.4) is 0 Å². The zero-order chi connectivity index (χ0) is 21.6. The largest absolute Gasteiger partial charge is 0.394 e. The summed E-state index contributed by atoms with van der Waals surface area (Å²) < 4.78 is 7.99. The lowest BCUT2D eigenvalue weighted by atomic mass is 9.90. The number of aliphatic hydroxyl groups excluding tert-OH is 4. The topological polar surface area (TPSA) is 95.1 Å². The van der Waals surface area contributed by atoms with E-state index in [1.165, 1.54) is 5.56 Å². The Hall–Kier alpha value is -2.22. The fourth-order valence-corrected chi connectivity index (χ4v) is 4.46. The van der Waals surface area contributed by atoms with Crippen LogP contribution < -0.4 is 0 Å². The Kier molecular flexibility index (Phi) is 5.70. The molecular formula is C24H29NO5. The molecule has 0 unspecified atom stereocenters. The van der Waals surface area contributed by atoms with Gasteiger partial charge in [-0.15, -0.1) is 0 Å². The third-order valence-electron chi connectivity index (χ3n) is 6.01. The summed E-state index contributed by atoms with van der Waals surface area (Å²) in [6, 6.07) is 12.5. The first-order valence-corrected chi connectivity index (χ1v) is 10.3. The number of aryl methyl sites for hydroxylation is 3. The van der Waals surface area contributed by atoms with Gasteiger partial charge in [0, 0.05) is 23.7 Å². The van der Waals surface area contributed by atoms with Crippen molar-refractivity contribution in [2.75, 3.05) is 6.61 Å². The molecule has 0 radical (unpaired) electrons. The lowest BCUT2D eigenvalue weighted by Gasteiger charge is -2.40. The Balaban J connectivity index is 1.83. The van der Waals surface area contributed by atoms with Crippen LogP contribution in [0.25, 0.3) is 10.9 Å². The minimum Gasteiger partial charge on any atom is -0.394 e. The fourth-order valence-electron chi connectivity index (χ4n) is 4.46. The van der Waals surface area contributed by atoms with Gasteiger partial charge in [0.1, 0.15) is 30.5 Å². The molecule has 30 heavy (non-hydrogen) atoms. The highest BCUT2D eigenvalue weighted by Gasteiger charge is 2.44. The monoisotopic (exact) mass is 411 g/mol. The van der Waals surface area contributed by atoms with Crippen molar-refractivity contribution in [2.45, 2.75) is 57.8 Å². The van der Waals surface area contributed by atoms with Gasteiger partial charge in [-0.25, -0.2) is 0 Å². The second-order valence-corrected chi connectivity index (χ2v) is 8.43. The third-order valence-corrected chi connectivity index (χ3v) is 6.01. The number of hydrogen-bond acceptors (Lipinski definition) is 5. The van der Waals surface area contributed by atoms with Gasteiger partial charge < -0.3 is 29.7 Å². The van der Waals surface area contributed by atoms with E-state index in [1.807, 2.05) is 19.2 Å². The third kappa shape index (κ3) is 3.66. The van der Waals surface area contributed by atoms with Crippen LogP contribution in [0.2, 0.25) is 0 Å². The summed E-state index contributed by atoms with van der Waals surface area (Å²) in [5.74, 6) is 0. The molecule has 0 bridgehead atoms. The maximum Gasteiger partial charge on any atom is 0.114 e. The van der Waals surface area contributed by atoms with Crippen molar-refractivity contribution in [3.8, 4) is 0 Å². The Morgan fingerprint density at radius 3 is 2.27 bits per heavy atom. The van der Waals surface area contributed by atoms with Crippen molar-refractivity contribution >= 4 is 10.9 Å². The van der Waals surface area contributed by atoms with Crippen LogP contribution in [0.5, 0.6) is 0 Å². The van der Waals surface area contributed by atoms with E-state index in [4.69, 9.17) is 4.74 Å². The van der Waals surface area contributed by atoms with Crippen LogP contribution in [0.1, 0.15) is 33.9 Å². The molecule has 2 aromatic carbocycles. The van der Waals surface area contributed by atoms with E-state index in [-0.39, 0.29) is 0 Å². The number of aliphatic hydroxyl groups is 4. The first kappa shape index (κ1) is 21.0. The van der Waals surface area contributed by atoms with Crippen molar-refractivity contribution in [1.29, 1.82) is 0 Å². The molecule has 0 saturated carbocycles. The van der Waals surface area contributed by atoms with Crippen LogP contribution >= 0.6 is 0 Å². The van der Waals surface area contributed by atoms with Gasteiger partial charge in [-0.2, -0.15) is 0 Å². The van der Waals surface area contributed by atoms with Crippen molar-refractivity contribution in [1.82, 2.24) is 4.57 Å². The van der Waals surface area contributed by atoms with Crippen LogP contribution in [0.4, 0.5) is 0 Å². The zero-order valence-corrected chi connectivity index (χ0v) is 17.5. The lowest BCUT2D eigenvalue weighted by Crippen LogP contribution is -2.55. The quantitative estimate of drug-likeness (QED) is 0.528. The number of benzene rings is 2. The van der Waals surface area contributed by atoms with Gasteiger partial charge in [0.2, 0.25) is 0 Å². The molecule has 1 aliphatic heterocycles. The maximum atomic E-state index is 10.7. The molecule has 160 valence electrons. The summed E-state index contributed by atoms with van der Waals surface area (Å²) in [6.45, 7) is 6.33. The Labute approximate surface area is 176 Å². The highest BCUT2D eigenvalue weighted by Crippen LogP contribution is 2.38. The van der Waals surface area contributed by atoms with Crippen LogP contribution in [-0.4, -0.2) is 56.0 Å². The number of rotatable bonds is 4. The zero-order valence-electron chi connectivity index (χ0n) is 17.5. The number of nitrogens with zero attached hydrogens (tertiary/aromatic N) is 1. The van der Waals surface area contributed by atoms with Crippen LogP contribution in [0.15, 0.2) is 42.6 Å². The summed E-state index contributed by atoms with van der Waals surface area (Å²) in [5.41, 5.74) is 6.31. The summed E-state index contributed by atoms with van der Waals surface area (Å²) in [5, 5.41) is 41.6. The Morgan fingerprint density at radius 1 is 0.900 bits per heavy atom. The molecule has 0 aliphatic carbocycles. The molecule has 6 nitrogen and oxygen atoms in total. The fraction of sp³-hybridized carbons (Fsp3) is 0.417. The lowest BCUT2D eigenvalue weighted by molar-refractivity contribution is -0.231. The average molecular weight is 411 g/mol. The van der Waals surface area contributed by atoms with Gasteiger partial charge in [0.25, 0.3) is 0 Å². The predicted octanol–water partition coefficient (Wildman–Crippen LogP) is 2.13. The van der Waals surface area contributed by atoms with E-state index in [9.17, 15) is 20.4 Å². The van der Waals surface area contributed by atoms with Crippen molar-refractivity contribution in [3.63, 3.8) is 0 Å². The van der Waals surface area contributed by atoms with E-state index in [0.717, 1.165) is 33.2 Å². The second-order valence-electron chi connectivity index (χ2n) is 8.43. The number of fused-ring (bicyclic) bond motifs is 1. The summed E-state index contributed by atoms with van der Waals surface area (Å²) >= 11 is 0. The molecular weight excluding hydrogens is 382 g/mol. The SMILES string of the molecule is Cc1ccc(Cn2cc([C@@H]3O[C@H](CO)[C@@H](O)[C@H](O)[C@H]3O)c3cc(C)cc(C)c32)cc1. The van der Waals surface area contributed by atoms with Gasteiger partial charge in [-0.3, -0.25) is 0 Å². The van der Waals surface area contributed by atoms with Crippen molar-refractivity contribution < 1.29 is 25.2 Å². The van der Waals surface area contributed by atoms with Gasteiger partial charge in [-0.05, 0) is 38.0 Å². The molecule has 0 amide bonds. The molecule has 2 heterocycles. The molecule has 5 atom stereocenters. The number of hydrogen-bond donors (Lipinski definition) is 4. The number of ether oxygens (including phenoxy) is 1. The molecule has 1 aromatic heterocycles. The number of aromatic nitrogens is 1. The minimum atomic E-state index is -1.40. The summed E-state index contributed by atoms with van der Waals surface area (Å²) in [4.78, 5) is 0. The minimum absolute atomic E-state index is 0.443. The van der Waals surface area contributed by atoms with Gasteiger partial charge in [0.15, 0.2) is 0 Å². The normalized spacial score (nSPS) is 27.0. The van der Waals surface area contributed by atoms with Crippen LogP contribution in [-0.2, 0) is 11.3 Å². The maximum absolute atomic E-state index is 10.7. The van der Waals surface area contributed by atoms with E-state index in [2.05, 4.69) is 48.7 Å². The second kappa shape index (κ2) is 8.13. The molecule has 4 rings (SSSR count). The van der Waals surface area contributed by atoms with Crippen molar-refractivity contribution in [3.05, 3.63) is 70.4 Å². The van der Waals surface area contributed by atoms with Crippen molar-refractivity contribution in [2.24, 2.45) is 0 Å². The average Bonchev–Trinajstić information content (AvgIpc) is 3.06. The summed E-state index contributed by atoms with van der Waals surface area (Å²) in [7, 11) is 0. The van der Waals surface area contributed by atoms with E-state index >= 15 is 0 Å². The molecule has 3 aromatic rings. The molecule has 1 aliphatic rings. The smallest absolute Gasteiger partial charge is 0.114 e. The van der Waals surface area contributed by atoms with E-state index in [1.54, 1.807) is 0 Å². The summed E-state index contributed by atoms with van der Waals surface area (Å²) in [6.07, 6.45) is -3.92. The molecule has 1 saturated heterocycles. The van der Waals surface area contributed by atoms with Gasteiger partial charge in [-0.1, -0.05) is 41.5 Å². The molecule has 0 spiro atoms. The predicted molar refractivity (Wildman–Crippen MR) is 114 cm³/mol. The van der Waals surface area contributed by atoms with E-state index < -0.39 is 37.1 Å². The highest BCUT2D eigenvalue weighted by atomic mass is 16.5. The Morgan fingerprint density at radius 2 is 1.60 bits per heavy atom. The first-order chi connectivity index (χ1) is 14.3. The first-order valence-electron chi connectivity index (χ1n) is 10.3.